The van der Waals surface area contributed by atoms with Crippen molar-refractivity contribution in [2.75, 3.05) is 22.4 Å². The van der Waals surface area contributed by atoms with Gasteiger partial charge in [0.05, 0.1) is 11.9 Å². The number of carbonyl (C=O) groups is 1. The third-order valence-corrected chi connectivity index (χ3v) is 6.43. The van der Waals surface area contributed by atoms with Crippen LogP contribution in [0, 0.1) is 0 Å². The maximum atomic E-state index is 13.1. The van der Waals surface area contributed by atoms with Crippen molar-refractivity contribution in [2.24, 2.45) is 0 Å². The Morgan fingerprint density at radius 2 is 1.77 bits per heavy atom. The molecule has 1 aliphatic rings. The van der Waals surface area contributed by atoms with Crippen LogP contribution in [-0.2, 0) is 14.8 Å². The fraction of sp³-hybridized carbons (Fsp3) is 0.174. The average molecular weight is 457 g/mol. The van der Waals surface area contributed by atoms with E-state index in [-0.39, 0.29) is 18.9 Å². The van der Waals surface area contributed by atoms with Crippen LogP contribution in [0.25, 0.3) is 11.1 Å². The number of para-hydroxylation sites is 1. The number of halogens is 1. The molecule has 31 heavy (non-hydrogen) atoms. The van der Waals surface area contributed by atoms with E-state index in [0.717, 1.165) is 17.4 Å². The standard InChI is InChI=1S/C23H21ClN2O4S/c1-31(28,29)26-14-13-22(30-21-12-11-17(24)15-20(21)26)23(27)25-19-10-6-5-9-18(19)16-7-3-2-4-8-16/h2-12,15,22H,13-14H2,1H3,(H,25,27). The largest absolute Gasteiger partial charge is 0.478 e. The van der Waals surface area contributed by atoms with Gasteiger partial charge in [0.25, 0.3) is 5.91 Å². The van der Waals surface area contributed by atoms with Crippen LogP contribution < -0.4 is 14.4 Å². The van der Waals surface area contributed by atoms with E-state index < -0.39 is 16.1 Å². The lowest BCUT2D eigenvalue weighted by Gasteiger charge is -2.21. The SMILES string of the molecule is CS(=O)(=O)N1CCC(C(=O)Nc2ccccc2-c2ccccc2)Oc2ccc(Cl)cc21. The van der Waals surface area contributed by atoms with Crippen molar-refractivity contribution in [3.8, 4) is 16.9 Å². The van der Waals surface area contributed by atoms with Gasteiger partial charge in [-0.2, -0.15) is 0 Å². The quantitative estimate of drug-likeness (QED) is 0.624. The van der Waals surface area contributed by atoms with Gasteiger partial charge in [-0.05, 0) is 29.8 Å². The number of benzene rings is 3. The number of rotatable bonds is 4. The van der Waals surface area contributed by atoms with Crippen LogP contribution in [-0.4, -0.2) is 33.2 Å². The van der Waals surface area contributed by atoms with Crippen molar-refractivity contribution in [1.82, 2.24) is 0 Å². The smallest absolute Gasteiger partial charge is 0.265 e. The van der Waals surface area contributed by atoms with Gasteiger partial charge in [0.15, 0.2) is 6.10 Å². The lowest BCUT2D eigenvalue weighted by molar-refractivity contribution is -0.122. The van der Waals surface area contributed by atoms with Crippen molar-refractivity contribution >= 4 is 38.9 Å². The lowest BCUT2D eigenvalue weighted by Crippen LogP contribution is -2.36. The molecule has 1 aliphatic heterocycles. The molecule has 0 saturated heterocycles. The summed E-state index contributed by atoms with van der Waals surface area (Å²) in [6.07, 6.45) is 0.447. The molecule has 1 unspecified atom stereocenters. The molecule has 3 aromatic carbocycles. The molecule has 1 atom stereocenters. The summed E-state index contributed by atoms with van der Waals surface area (Å²) in [4.78, 5) is 13.1. The average Bonchev–Trinajstić information content (AvgIpc) is 2.94. The third kappa shape index (κ3) is 4.68. The van der Waals surface area contributed by atoms with Crippen LogP contribution in [0.2, 0.25) is 5.02 Å². The normalized spacial score (nSPS) is 16.1. The Hall–Kier alpha value is -3.03. The molecule has 0 fully saturated rings. The Morgan fingerprint density at radius 1 is 1.06 bits per heavy atom. The molecule has 160 valence electrons. The van der Waals surface area contributed by atoms with E-state index in [0.29, 0.717) is 22.1 Å². The molecule has 1 N–H and O–H groups in total. The molecule has 0 aliphatic carbocycles. The Balaban J connectivity index is 1.62. The molecule has 1 amide bonds. The van der Waals surface area contributed by atoms with Crippen LogP contribution in [0.1, 0.15) is 6.42 Å². The van der Waals surface area contributed by atoms with Crippen LogP contribution >= 0.6 is 11.6 Å². The number of nitrogens with one attached hydrogen (secondary N) is 1. The molecule has 6 nitrogen and oxygen atoms in total. The highest BCUT2D eigenvalue weighted by Gasteiger charge is 2.31. The number of amides is 1. The zero-order chi connectivity index (χ0) is 22.0. The van der Waals surface area contributed by atoms with Crippen molar-refractivity contribution in [3.63, 3.8) is 0 Å². The highest BCUT2D eigenvalue weighted by atomic mass is 35.5. The molecule has 3 aromatic rings. The zero-order valence-electron chi connectivity index (χ0n) is 16.8. The van der Waals surface area contributed by atoms with Crippen molar-refractivity contribution in [2.45, 2.75) is 12.5 Å². The lowest BCUT2D eigenvalue weighted by atomic mass is 10.0. The maximum absolute atomic E-state index is 13.1. The molecular weight excluding hydrogens is 436 g/mol. The molecular formula is C23H21ClN2O4S. The Labute approximate surface area is 186 Å². The molecule has 8 heteroatoms. The number of anilines is 2. The van der Waals surface area contributed by atoms with E-state index in [2.05, 4.69) is 5.32 Å². The summed E-state index contributed by atoms with van der Waals surface area (Å²) in [7, 11) is -3.57. The van der Waals surface area contributed by atoms with E-state index in [1.807, 2.05) is 54.6 Å². The summed E-state index contributed by atoms with van der Waals surface area (Å²) in [5.41, 5.74) is 2.84. The molecule has 1 heterocycles. The summed E-state index contributed by atoms with van der Waals surface area (Å²) in [6.45, 7) is 0.102. The second kappa shape index (κ2) is 8.61. The number of fused-ring (bicyclic) bond motifs is 1. The highest BCUT2D eigenvalue weighted by molar-refractivity contribution is 7.92. The highest BCUT2D eigenvalue weighted by Crippen LogP contribution is 2.36. The number of carbonyl (C=O) groups excluding carboxylic acids is 1. The second-order valence-electron chi connectivity index (χ2n) is 7.24. The summed E-state index contributed by atoms with van der Waals surface area (Å²) in [5.74, 6) is -0.0524. The summed E-state index contributed by atoms with van der Waals surface area (Å²) < 4.78 is 31.8. The minimum Gasteiger partial charge on any atom is -0.478 e. The molecule has 0 radical (unpaired) electrons. The maximum Gasteiger partial charge on any atom is 0.265 e. The summed E-state index contributed by atoms with van der Waals surface area (Å²) in [6, 6.07) is 22.0. The predicted molar refractivity (Wildman–Crippen MR) is 123 cm³/mol. The van der Waals surface area contributed by atoms with Gasteiger partial charge in [-0.15, -0.1) is 0 Å². The van der Waals surface area contributed by atoms with Gasteiger partial charge < -0.3 is 10.1 Å². The third-order valence-electron chi connectivity index (χ3n) is 5.02. The van der Waals surface area contributed by atoms with Crippen LogP contribution in [0.5, 0.6) is 5.75 Å². The molecule has 0 aromatic heterocycles. The number of hydrogen-bond donors (Lipinski definition) is 1. The van der Waals surface area contributed by atoms with Gasteiger partial charge in [0, 0.05) is 29.2 Å². The van der Waals surface area contributed by atoms with Crippen molar-refractivity contribution in [3.05, 3.63) is 77.8 Å². The van der Waals surface area contributed by atoms with Gasteiger partial charge in [0.2, 0.25) is 10.0 Å². The van der Waals surface area contributed by atoms with Crippen LogP contribution in [0.4, 0.5) is 11.4 Å². The Kier molecular flexibility index (Phi) is 5.89. The van der Waals surface area contributed by atoms with Gasteiger partial charge >= 0.3 is 0 Å². The van der Waals surface area contributed by atoms with E-state index in [4.69, 9.17) is 16.3 Å². The first kappa shape index (κ1) is 21.2. The van der Waals surface area contributed by atoms with Crippen molar-refractivity contribution in [1.29, 1.82) is 0 Å². The summed E-state index contributed by atoms with van der Waals surface area (Å²) in [5, 5.41) is 3.33. The van der Waals surface area contributed by atoms with Gasteiger partial charge in [0.1, 0.15) is 5.75 Å². The van der Waals surface area contributed by atoms with Gasteiger partial charge in [-0.25, -0.2) is 8.42 Å². The molecule has 0 saturated carbocycles. The van der Waals surface area contributed by atoms with E-state index in [1.165, 1.54) is 10.4 Å². The van der Waals surface area contributed by atoms with E-state index >= 15 is 0 Å². The van der Waals surface area contributed by atoms with Crippen molar-refractivity contribution < 1.29 is 17.9 Å². The molecule has 0 bridgehead atoms. The number of sulfonamides is 1. The monoisotopic (exact) mass is 456 g/mol. The number of ether oxygens (including phenoxy) is 1. The van der Waals surface area contributed by atoms with E-state index in [9.17, 15) is 13.2 Å². The fourth-order valence-electron chi connectivity index (χ4n) is 3.56. The first-order valence-electron chi connectivity index (χ1n) is 9.72. The first-order valence-corrected chi connectivity index (χ1v) is 11.9. The van der Waals surface area contributed by atoms with Crippen LogP contribution in [0.15, 0.2) is 72.8 Å². The first-order chi connectivity index (χ1) is 14.8. The van der Waals surface area contributed by atoms with Gasteiger partial charge in [-0.3, -0.25) is 9.10 Å². The predicted octanol–water partition coefficient (Wildman–Crippen LogP) is 4.56. The minimum atomic E-state index is -3.57. The number of nitrogens with zero attached hydrogens (tertiary/aromatic N) is 1. The topological polar surface area (TPSA) is 75.7 Å². The molecule has 4 rings (SSSR count). The number of hydrogen-bond acceptors (Lipinski definition) is 4. The zero-order valence-corrected chi connectivity index (χ0v) is 18.4. The minimum absolute atomic E-state index is 0.102. The second-order valence-corrected chi connectivity index (χ2v) is 9.59. The fourth-order valence-corrected chi connectivity index (χ4v) is 4.66. The Bertz CT molecular complexity index is 1220. The van der Waals surface area contributed by atoms with Gasteiger partial charge in [-0.1, -0.05) is 60.1 Å². The van der Waals surface area contributed by atoms with E-state index in [1.54, 1.807) is 12.1 Å². The molecule has 0 spiro atoms. The summed E-state index contributed by atoms with van der Waals surface area (Å²) >= 11 is 6.07. The Morgan fingerprint density at radius 3 is 2.52 bits per heavy atom. The van der Waals surface area contributed by atoms with Crippen LogP contribution in [0.3, 0.4) is 0 Å².